The van der Waals surface area contributed by atoms with Crippen molar-refractivity contribution in [3.8, 4) is 0 Å². The normalized spacial score (nSPS) is 8.40. The molecule has 0 aliphatic heterocycles. The molecule has 0 spiro atoms. The summed E-state index contributed by atoms with van der Waals surface area (Å²) in [7, 11) is 0. The summed E-state index contributed by atoms with van der Waals surface area (Å²) in [6.45, 7) is 0. The Morgan fingerprint density at radius 3 is 1.10 bits per heavy atom. The molecule has 0 aromatic carbocycles. The Balaban J connectivity index is 0.000000810. The van der Waals surface area contributed by atoms with E-state index in [0.717, 1.165) is 0 Å². The molecular weight excluding hydrogens is 151 g/mol. The van der Waals surface area contributed by atoms with Gasteiger partial charge in [-0.1, -0.05) is 0 Å². The zero-order valence-electron chi connectivity index (χ0n) is 4.57. The monoisotopic (exact) mass is 162 g/mol. The maximum absolute atomic E-state index is 5.14. The molecule has 0 unspecified atom stereocenters. The van der Waals surface area contributed by atoms with Gasteiger partial charge in [-0.25, -0.2) is 0 Å². The molecule has 6 nitrogen and oxygen atoms in total. The number of nitrogen functional groups attached to an aromatic ring is 3. The van der Waals surface area contributed by atoms with E-state index in [0.29, 0.717) is 0 Å². The predicted octanol–water partition coefficient (Wildman–Crippen LogP) is -1.86. The molecule has 0 aliphatic carbocycles. The molecule has 0 radical (unpaired) electrons. The van der Waals surface area contributed by atoms with Crippen LogP contribution in [0.3, 0.4) is 0 Å². The number of hydrogen-bond acceptors (Lipinski definition) is 6. The van der Waals surface area contributed by atoms with E-state index in [4.69, 9.17) is 17.2 Å². The van der Waals surface area contributed by atoms with Gasteiger partial charge in [-0.3, -0.25) is 0 Å². The number of hydrogen-bond donors (Lipinski definition) is 3. The fraction of sp³-hybridized carbons (Fsp3) is 0. The maximum atomic E-state index is 5.14. The number of aromatic nitrogens is 3. The van der Waals surface area contributed by atoms with Crippen LogP contribution >= 0.6 is 9.90 Å². The Bertz CT molecular complexity index is 174. The summed E-state index contributed by atoms with van der Waals surface area (Å²) in [5, 5.41) is 0. The number of nitrogens with zero attached hydrogens (tertiary/aromatic N) is 3. The summed E-state index contributed by atoms with van der Waals surface area (Å²) in [6.07, 6.45) is 0. The molecule has 7 heteroatoms. The van der Waals surface area contributed by atoms with Crippen LogP contribution < -0.4 is 17.2 Å². The van der Waals surface area contributed by atoms with Gasteiger partial charge >= 0.3 is 9.90 Å². The summed E-state index contributed by atoms with van der Waals surface area (Å²) in [5.74, 6) is 0.125. The fourth-order valence-electron chi connectivity index (χ4n) is 0.427. The Labute approximate surface area is 60.9 Å². The second kappa shape index (κ2) is 3.12. The van der Waals surface area contributed by atoms with E-state index in [-0.39, 0.29) is 27.7 Å². The summed E-state index contributed by atoms with van der Waals surface area (Å²) >= 11 is 0. The topological polar surface area (TPSA) is 117 Å². The Morgan fingerprint density at radius 1 is 0.700 bits per heavy atom. The number of nitrogens with two attached hydrogens (primary N) is 3. The SMILES string of the molecule is Nc1nc(N)nc(N)n1.[PH5]. The molecule has 0 saturated heterocycles. The molecule has 0 aliphatic rings. The van der Waals surface area contributed by atoms with E-state index >= 15 is 0 Å². The zero-order valence-corrected chi connectivity index (χ0v) is 4.57. The first-order chi connectivity index (χ1) is 4.18. The van der Waals surface area contributed by atoms with Crippen LogP contribution in [0, 0.1) is 0 Å². The van der Waals surface area contributed by atoms with Gasteiger partial charge in [0.05, 0.1) is 0 Å². The summed E-state index contributed by atoms with van der Waals surface area (Å²) in [4.78, 5) is 10.5. The van der Waals surface area contributed by atoms with Gasteiger partial charge in [0.25, 0.3) is 0 Å². The van der Waals surface area contributed by atoms with Gasteiger partial charge in [0.15, 0.2) is 0 Å². The van der Waals surface area contributed by atoms with E-state index in [1.54, 1.807) is 0 Å². The summed E-state index contributed by atoms with van der Waals surface area (Å²) in [6, 6.07) is 0. The molecule has 0 fully saturated rings. The molecule has 1 aromatic rings. The van der Waals surface area contributed by atoms with Gasteiger partial charge in [-0.2, -0.15) is 15.0 Å². The summed E-state index contributed by atoms with van der Waals surface area (Å²) < 4.78 is 0. The molecule has 58 valence electrons. The fourth-order valence-corrected chi connectivity index (χ4v) is 0.427. The molecule has 10 heavy (non-hydrogen) atoms. The molecule has 0 saturated carbocycles. The second-order valence-corrected chi connectivity index (χ2v) is 1.41. The molecular formula is C3H11N6P. The average Bonchev–Trinajstić information content (AvgIpc) is 1.59. The predicted molar refractivity (Wildman–Crippen MR) is 47.0 cm³/mol. The van der Waals surface area contributed by atoms with Crippen LogP contribution in [-0.4, -0.2) is 15.0 Å². The van der Waals surface area contributed by atoms with Crippen molar-refractivity contribution in [2.75, 3.05) is 17.2 Å². The first-order valence-electron chi connectivity index (χ1n) is 2.21. The first-order valence-corrected chi connectivity index (χ1v) is 2.21. The van der Waals surface area contributed by atoms with Crippen LogP contribution in [0.25, 0.3) is 0 Å². The standard InChI is InChI=1S/C3H6N6.H5P/c4-1-7-2(5)9-3(6)8-1;/h(H6,4,5,6,7,8,9);1H5. The third kappa shape index (κ3) is 1.99. The number of rotatable bonds is 0. The van der Waals surface area contributed by atoms with E-state index < -0.39 is 0 Å². The van der Waals surface area contributed by atoms with Crippen LogP contribution in [0.5, 0.6) is 0 Å². The molecule has 0 bridgehead atoms. The van der Waals surface area contributed by atoms with E-state index in [9.17, 15) is 0 Å². The van der Waals surface area contributed by atoms with Crippen molar-refractivity contribution in [1.82, 2.24) is 15.0 Å². The molecule has 0 atom stereocenters. The van der Waals surface area contributed by atoms with Crippen molar-refractivity contribution >= 4 is 27.7 Å². The quantitative estimate of drug-likeness (QED) is 0.385. The molecule has 1 rings (SSSR count). The van der Waals surface area contributed by atoms with Crippen LogP contribution in [0.2, 0.25) is 0 Å². The van der Waals surface area contributed by atoms with Gasteiger partial charge in [0.1, 0.15) is 0 Å². The van der Waals surface area contributed by atoms with Crippen LogP contribution in [0.1, 0.15) is 0 Å². The van der Waals surface area contributed by atoms with Gasteiger partial charge in [-0.05, 0) is 0 Å². The molecule has 0 amide bonds. The van der Waals surface area contributed by atoms with Crippen LogP contribution in [0.4, 0.5) is 17.8 Å². The van der Waals surface area contributed by atoms with Crippen LogP contribution in [-0.2, 0) is 0 Å². The Hall–Kier alpha value is -1.16. The average molecular weight is 162 g/mol. The zero-order chi connectivity index (χ0) is 6.85. The van der Waals surface area contributed by atoms with E-state index in [2.05, 4.69) is 15.0 Å². The molecule has 1 heterocycles. The Morgan fingerprint density at radius 2 is 0.900 bits per heavy atom. The van der Waals surface area contributed by atoms with Gasteiger partial charge in [-0.15, -0.1) is 0 Å². The van der Waals surface area contributed by atoms with Crippen molar-refractivity contribution in [2.24, 2.45) is 0 Å². The van der Waals surface area contributed by atoms with E-state index in [1.807, 2.05) is 0 Å². The van der Waals surface area contributed by atoms with Gasteiger partial charge < -0.3 is 17.2 Å². The minimum absolute atomic E-state index is 0. The van der Waals surface area contributed by atoms with Gasteiger partial charge in [0, 0.05) is 0 Å². The van der Waals surface area contributed by atoms with Crippen molar-refractivity contribution in [1.29, 1.82) is 0 Å². The second-order valence-electron chi connectivity index (χ2n) is 1.41. The Kier molecular flexibility index (Phi) is 2.76. The number of anilines is 3. The third-order valence-corrected chi connectivity index (χ3v) is 0.687. The first kappa shape index (κ1) is 8.84. The van der Waals surface area contributed by atoms with Crippen molar-refractivity contribution in [3.05, 3.63) is 0 Å². The van der Waals surface area contributed by atoms with Crippen molar-refractivity contribution in [2.45, 2.75) is 0 Å². The molecule has 6 N–H and O–H groups in total. The third-order valence-electron chi connectivity index (χ3n) is 0.687. The van der Waals surface area contributed by atoms with Gasteiger partial charge in [0.2, 0.25) is 17.8 Å². The van der Waals surface area contributed by atoms with Crippen LogP contribution in [0.15, 0.2) is 0 Å². The van der Waals surface area contributed by atoms with E-state index in [1.165, 1.54) is 0 Å². The van der Waals surface area contributed by atoms with Crippen molar-refractivity contribution in [3.63, 3.8) is 0 Å². The summed E-state index contributed by atoms with van der Waals surface area (Å²) in [5.41, 5.74) is 15.4. The molecule has 1 aromatic heterocycles. The minimum atomic E-state index is 0. The van der Waals surface area contributed by atoms with Crippen molar-refractivity contribution < 1.29 is 0 Å².